The van der Waals surface area contributed by atoms with Gasteiger partial charge in [-0.15, -0.1) is 0 Å². The fourth-order valence-electron chi connectivity index (χ4n) is 1.81. The second-order valence-corrected chi connectivity index (χ2v) is 5.11. The zero-order valence-electron chi connectivity index (χ0n) is 10.5. The fourth-order valence-corrected chi connectivity index (χ4v) is 1.81. The number of hydrogen-bond donors (Lipinski definition) is 2. The predicted octanol–water partition coefficient (Wildman–Crippen LogP) is 2.43. The van der Waals surface area contributed by atoms with E-state index in [0.717, 1.165) is 24.0 Å². The van der Waals surface area contributed by atoms with E-state index in [4.69, 9.17) is 0 Å². The van der Waals surface area contributed by atoms with Gasteiger partial charge in [0.15, 0.2) is 0 Å². The smallest absolute Gasteiger partial charge is 0.132 e. The molecule has 1 heterocycles. The van der Waals surface area contributed by atoms with Gasteiger partial charge in [-0.25, -0.2) is 9.97 Å². The molecule has 4 nitrogen and oxygen atoms in total. The Hall–Kier alpha value is -1.32. The maximum Gasteiger partial charge on any atom is 0.132 e. The SMILES string of the molecule is CCNc1cc(NC2CC2(C)C)nc(C)n1. The second kappa shape index (κ2) is 3.92. The van der Waals surface area contributed by atoms with Crippen molar-refractivity contribution in [1.82, 2.24) is 9.97 Å². The van der Waals surface area contributed by atoms with Gasteiger partial charge in [0.2, 0.25) is 0 Å². The normalized spacial score (nSPS) is 21.6. The lowest BCUT2D eigenvalue weighted by Crippen LogP contribution is -2.11. The van der Waals surface area contributed by atoms with Gasteiger partial charge in [-0.3, -0.25) is 0 Å². The second-order valence-electron chi connectivity index (χ2n) is 5.11. The van der Waals surface area contributed by atoms with Crippen molar-refractivity contribution in [3.8, 4) is 0 Å². The highest BCUT2D eigenvalue weighted by Gasteiger charge is 2.45. The van der Waals surface area contributed by atoms with Gasteiger partial charge in [0.25, 0.3) is 0 Å². The average molecular weight is 220 g/mol. The fraction of sp³-hybridized carbons (Fsp3) is 0.667. The van der Waals surface area contributed by atoms with E-state index in [2.05, 4.69) is 41.4 Å². The van der Waals surface area contributed by atoms with Crippen LogP contribution in [-0.4, -0.2) is 22.6 Å². The van der Waals surface area contributed by atoms with Crippen LogP contribution in [0.3, 0.4) is 0 Å². The van der Waals surface area contributed by atoms with E-state index < -0.39 is 0 Å². The highest BCUT2D eigenvalue weighted by Crippen LogP contribution is 2.46. The van der Waals surface area contributed by atoms with Crippen LogP contribution in [0.1, 0.15) is 33.0 Å². The van der Waals surface area contributed by atoms with Crippen LogP contribution in [0.2, 0.25) is 0 Å². The van der Waals surface area contributed by atoms with Gasteiger partial charge in [0.05, 0.1) is 0 Å². The lowest BCUT2D eigenvalue weighted by atomic mass is 10.2. The predicted molar refractivity (Wildman–Crippen MR) is 66.7 cm³/mol. The third kappa shape index (κ3) is 2.43. The molecule has 0 amide bonds. The molecule has 1 aliphatic rings. The summed E-state index contributed by atoms with van der Waals surface area (Å²) in [6, 6.07) is 2.53. The van der Waals surface area contributed by atoms with Crippen molar-refractivity contribution in [2.75, 3.05) is 17.2 Å². The lowest BCUT2D eigenvalue weighted by molar-refractivity contribution is 0.629. The van der Waals surface area contributed by atoms with Crippen LogP contribution in [0.5, 0.6) is 0 Å². The molecule has 1 aromatic heterocycles. The molecule has 1 unspecified atom stereocenters. The quantitative estimate of drug-likeness (QED) is 0.818. The van der Waals surface area contributed by atoms with Gasteiger partial charge < -0.3 is 10.6 Å². The highest BCUT2D eigenvalue weighted by atomic mass is 15.1. The van der Waals surface area contributed by atoms with E-state index in [-0.39, 0.29) is 0 Å². The van der Waals surface area contributed by atoms with Gasteiger partial charge in [-0.1, -0.05) is 13.8 Å². The molecule has 2 rings (SSSR count). The Morgan fingerprint density at radius 2 is 2.00 bits per heavy atom. The number of nitrogens with one attached hydrogen (secondary N) is 2. The summed E-state index contributed by atoms with van der Waals surface area (Å²) in [5, 5.41) is 6.67. The summed E-state index contributed by atoms with van der Waals surface area (Å²) in [4.78, 5) is 8.72. The molecule has 0 aromatic carbocycles. The molecular weight excluding hydrogens is 200 g/mol. The van der Waals surface area contributed by atoms with E-state index in [0.29, 0.717) is 11.5 Å². The maximum atomic E-state index is 4.40. The molecule has 1 aliphatic carbocycles. The van der Waals surface area contributed by atoms with E-state index in [9.17, 15) is 0 Å². The van der Waals surface area contributed by atoms with Crippen LogP contribution in [0.15, 0.2) is 6.07 Å². The molecule has 1 saturated carbocycles. The Labute approximate surface area is 96.9 Å². The Bertz CT molecular complexity index is 387. The summed E-state index contributed by atoms with van der Waals surface area (Å²) < 4.78 is 0. The van der Waals surface area contributed by atoms with Crippen LogP contribution in [0.25, 0.3) is 0 Å². The third-order valence-corrected chi connectivity index (χ3v) is 3.03. The number of nitrogens with zero attached hydrogens (tertiary/aromatic N) is 2. The Kier molecular flexibility index (Phi) is 2.74. The molecule has 0 radical (unpaired) electrons. The molecule has 16 heavy (non-hydrogen) atoms. The van der Waals surface area contributed by atoms with Crippen LogP contribution in [0, 0.1) is 12.3 Å². The first-order valence-electron chi connectivity index (χ1n) is 5.87. The van der Waals surface area contributed by atoms with E-state index in [1.807, 2.05) is 13.0 Å². The van der Waals surface area contributed by atoms with Gasteiger partial charge in [-0.2, -0.15) is 0 Å². The van der Waals surface area contributed by atoms with Gasteiger partial charge in [0, 0.05) is 18.7 Å². The average Bonchev–Trinajstić information content (AvgIpc) is 2.72. The van der Waals surface area contributed by atoms with E-state index in [1.54, 1.807) is 0 Å². The molecule has 2 N–H and O–H groups in total. The van der Waals surface area contributed by atoms with Crippen LogP contribution in [-0.2, 0) is 0 Å². The summed E-state index contributed by atoms with van der Waals surface area (Å²) in [5.74, 6) is 2.63. The standard InChI is InChI=1S/C12H20N4/c1-5-13-10-6-11(15-8(2)14-10)16-9-7-12(9,3)4/h6,9H,5,7H2,1-4H3,(H2,13,14,15,16). The first-order chi connectivity index (χ1) is 7.51. The Morgan fingerprint density at radius 1 is 1.38 bits per heavy atom. The van der Waals surface area contributed by atoms with Crippen LogP contribution < -0.4 is 10.6 Å². The first-order valence-corrected chi connectivity index (χ1v) is 5.87. The van der Waals surface area contributed by atoms with Gasteiger partial charge in [0.1, 0.15) is 17.5 Å². The van der Waals surface area contributed by atoms with Crippen molar-refractivity contribution >= 4 is 11.6 Å². The third-order valence-electron chi connectivity index (χ3n) is 3.03. The maximum absolute atomic E-state index is 4.40. The van der Waals surface area contributed by atoms with Crippen molar-refractivity contribution in [2.24, 2.45) is 5.41 Å². The molecule has 88 valence electrons. The van der Waals surface area contributed by atoms with Crippen molar-refractivity contribution in [3.05, 3.63) is 11.9 Å². The largest absolute Gasteiger partial charge is 0.370 e. The minimum absolute atomic E-state index is 0.414. The number of hydrogen-bond acceptors (Lipinski definition) is 4. The summed E-state index contributed by atoms with van der Waals surface area (Å²) in [6.45, 7) is 9.40. The van der Waals surface area contributed by atoms with Crippen LogP contribution >= 0.6 is 0 Å². The van der Waals surface area contributed by atoms with Crippen molar-refractivity contribution in [2.45, 2.75) is 40.2 Å². The van der Waals surface area contributed by atoms with Gasteiger partial charge >= 0.3 is 0 Å². The topological polar surface area (TPSA) is 49.8 Å². The molecule has 0 saturated heterocycles. The highest BCUT2D eigenvalue weighted by molar-refractivity contribution is 5.49. The minimum atomic E-state index is 0.414. The summed E-state index contributed by atoms with van der Waals surface area (Å²) in [7, 11) is 0. The first kappa shape index (κ1) is 11.2. The Morgan fingerprint density at radius 3 is 2.56 bits per heavy atom. The van der Waals surface area contributed by atoms with Crippen molar-refractivity contribution in [1.29, 1.82) is 0 Å². The van der Waals surface area contributed by atoms with Crippen molar-refractivity contribution in [3.63, 3.8) is 0 Å². The molecule has 1 atom stereocenters. The summed E-state index contributed by atoms with van der Waals surface area (Å²) >= 11 is 0. The summed E-state index contributed by atoms with van der Waals surface area (Å²) in [6.07, 6.45) is 1.21. The number of aryl methyl sites for hydroxylation is 1. The number of anilines is 2. The number of rotatable bonds is 4. The zero-order chi connectivity index (χ0) is 11.8. The molecule has 0 aliphatic heterocycles. The summed E-state index contributed by atoms with van der Waals surface area (Å²) in [5.41, 5.74) is 0.414. The minimum Gasteiger partial charge on any atom is -0.370 e. The molecule has 0 spiro atoms. The molecule has 1 fully saturated rings. The monoisotopic (exact) mass is 220 g/mol. The van der Waals surface area contributed by atoms with Gasteiger partial charge in [-0.05, 0) is 25.7 Å². The molecule has 1 aromatic rings. The molecule has 0 bridgehead atoms. The number of aromatic nitrogens is 2. The Balaban J connectivity index is 2.09. The molecular formula is C12H20N4. The van der Waals surface area contributed by atoms with E-state index in [1.165, 1.54) is 6.42 Å². The molecule has 4 heteroatoms. The van der Waals surface area contributed by atoms with E-state index >= 15 is 0 Å². The van der Waals surface area contributed by atoms with Crippen LogP contribution in [0.4, 0.5) is 11.6 Å². The zero-order valence-corrected chi connectivity index (χ0v) is 10.5. The lowest BCUT2D eigenvalue weighted by Gasteiger charge is -2.10. The van der Waals surface area contributed by atoms with Crippen molar-refractivity contribution < 1.29 is 0 Å².